The summed E-state index contributed by atoms with van der Waals surface area (Å²) in [6, 6.07) is 24.7. The number of carboxylic acids is 1. The highest BCUT2D eigenvalue weighted by atomic mass is 32.1. The number of imidazole rings is 1. The van der Waals surface area contributed by atoms with Gasteiger partial charge in [0.2, 0.25) is 10.1 Å². The molecule has 0 radical (unpaired) electrons. The van der Waals surface area contributed by atoms with Gasteiger partial charge in [-0.15, -0.1) is 5.10 Å². The zero-order chi connectivity index (χ0) is 29.6. The Balaban J connectivity index is 1.08. The lowest BCUT2D eigenvalue weighted by Gasteiger charge is -2.34. The fourth-order valence-corrected chi connectivity index (χ4v) is 6.59. The second-order valence-corrected chi connectivity index (χ2v) is 11.9. The van der Waals surface area contributed by atoms with Crippen molar-refractivity contribution in [3.63, 3.8) is 0 Å². The molecule has 0 saturated carbocycles. The first kappa shape index (κ1) is 29.0. The Hall–Kier alpha value is -4.05. The molecule has 1 fully saturated rings. The van der Waals surface area contributed by atoms with Gasteiger partial charge in [-0.2, -0.15) is 0 Å². The SMILES string of the molecule is CCNCCCc1cc(-c2ccc(-c3cn4nc(N5CCN(CCc6ccccc6)CC5)sc4n3)cc2)ccc1C(=O)O. The minimum Gasteiger partial charge on any atom is -0.478 e. The number of hydrogen-bond acceptors (Lipinski definition) is 7. The van der Waals surface area contributed by atoms with Crippen LogP contribution in [0.4, 0.5) is 5.13 Å². The molecule has 2 N–H and O–H groups in total. The molecule has 0 spiro atoms. The number of rotatable bonds is 12. The largest absolute Gasteiger partial charge is 0.478 e. The molecular formula is C34H38N6O2S. The van der Waals surface area contributed by atoms with Gasteiger partial charge in [0.15, 0.2) is 0 Å². The molecule has 0 atom stereocenters. The van der Waals surface area contributed by atoms with E-state index in [2.05, 4.69) is 76.6 Å². The Kier molecular flexibility index (Phi) is 9.12. The number of anilines is 1. The number of fused-ring (bicyclic) bond motifs is 1. The number of benzene rings is 3. The molecule has 1 aliphatic heterocycles. The third-order valence-electron chi connectivity index (χ3n) is 8.13. The van der Waals surface area contributed by atoms with Gasteiger partial charge in [-0.25, -0.2) is 14.3 Å². The first-order valence-corrected chi connectivity index (χ1v) is 15.9. The third kappa shape index (κ3) is 6.96. The quantitative estimate of drug-likeness (QED) is 0.179. The van der Waals surface area contributed by atoms with Crippen molar-refractivity contribution in [3.8, 4) is 22.4 Å². The van der Waals surface area contributed by atoms with E-state index in [1.54, 1.807) is 17.4 Å². The average molecular weight is 595 g/mol. The molecule has 3 aromatic carbocycles. The normalized spacial score (nSPS) is 14.0. The molecule has 5 aromatic rings. The number of carbonyl (C=O) groups is 1. The number of piperazine rings is 1. The fourth-order valence-electron chi connectivity index (χ4n) is 5.65. The van der Waals surface area contributed by atoms with Crippen molar-refractivity contribution in [2.75, 3.05) is 50.7 Å². The van der Waals surface area contributed by atoms with E-state index in [1.165, 1.54) is 5.56 Å². The summed E-state index contributed by atoms with van der Waals surface area (Å²) in [5.74, 6) is -0.877. The first-order valence-electron chi connectivity index (χ1n) is 15.1. The van der Waals surface area contributed by atoms with Crippen LogP contribution < -0.4 is 10.2 Å². The van der Waals surface area contributed by atoms with E-state index in [-0.39, 0.29) is 0 Å². The highest BCUT2D eigenvalue weighted by molar-refractivity contribution is 7.20. The Bertz CT molecular complexity index is 1620. The molecule has 6 rings (SSSR count). The van der Waals surface area contributed by atoms with Gasteiger partial charge in [0.1, 0.15) is 0 Å². The van der Waals surface area contributed by atoms with Crippen LogP contribution in [0.15, 0.2) is 79.0 Å². The molecule has 1 aliphatic rings. The lowest BCUT2D eigenvalue weighted by Crippen LogP contribution is -2.47. The standard InChI is InChI=1S/C34H38N6O2S/c1-2-35-17-6-9-29-23-28(14-15-30(29)32(41)42)26-10-12-27(13-11-26)31-24-40-33(36-31)43-34(37-40)39-21-19-38(20-22-39)18-16-25-7-4-3-5-8-25/h3-5,7-8,10-15,23-24,35H,2,6,9,16-22H2,1H3,(H,41,42). The van der Waals surface area contributed by atoms with Gasteiger partial charge < -0.3 is 15.3 Å². The van der Waals surface area contributed by atoms with E-state index >= 15 is 0 Å². The zero-order valence-electron chi connectivity index (χ0n) is 24.6. The molecule has 0 aliphatic carbocycles. The van der Waals surface area contributed by atoms with Crippen molar-refractivity contribution in [2.45, 2.75) is 26.2 Å². The smallest absolute Gasteiger partial charge is 0.335 e. The van der Waals surface area contributed by atoms with Crippen molar-refractivity contribution < 1.29 is 9.90 Å². The number of aromatic nitrogens is 3. The zero-order valence-corrected chi connectivity index (χ0v) is 25.4. The minimum absolute atomic E-state index is 0.381. The second-order valence-electron chi connectivity index (χ2n) is 11.0. The predicted molar refractivity (Wildman–Crippen MR) is 174 cm³/mol. The summed E-state index contributed by atoms with van der Waals surface area (Å²) < 4.78 is 1.90. The van der Waals surface area contributed by atoms with Crippen molar-refractivity contribution in [3.05, 3.63) is 95.7 Å². The highest BCUT2D eigenvalue weighted by Gasteiger charge is 2.21. The van der Waals surface area contributed by atoms with Gasteiger partial charge in [0.05, 0.1) is 17.5 Å². The topological polar surface area (TPSA) is 86.0 Å². The van der Waals surface area contributed by atoms with Gasteiger partial charge in [-0.3, -0.25) is 4.90 Å². The first-order chi connectivity index (χ1) is 21.1. The van der Waals surface area contributed by atoms with Crippen molar-refractivity contribution in [1.29, 1.82) is 0 Å². The predicted octanol–water partition coefficient (Wildman–Crippen LogP) is 5.73. The van der Waals surface area contributed by atoms with E-state index in [0.29, 0.717) is 5.56 Å². The summed E-state index contributed by atoms with van der Waals surface area (Å²) in [5, 5.41) is 18.9. The van der Waals surface area contributed by atoms with E-state index in [1.807, 2.05) is 22.8 Å². The highest BCUT2D eigenvalue weighted by Crippen LogP contribution is 2.30. The summed E-state index contributed by atoms with van der Waals surface area (Å²) >= 11 is 1.64. The van der Waals surface area contributed by atoms with Crippen LogP contribution in [0.5, 0.6) is 0 Å². The summed E-state index contributed by atoms with van der Waals surface area (Å²) in [4.78, 5) is 22.5. The van der Waals surface area contributed by atoms with Crippen LogP contribution in [0.2, 0.25) is 0 Å². The number of carboxylic acid groups (broad SMARTS) is 1. The monoisotopic (exact) mass is 594 g/mol. The van der Waals surface area contributed by atoms with Gasteiger partial charge in [-0.05, 0) is 60.7 Å². The van der Waals surface area contributed by atoms with E-state index in [9.17, 15) is 9.90 Å². The maximum absolute atomic E-state index is 11.8. The Labute approximate surface area is 256 Å². The molecule has 43 heavy (non-hydrogen) atoms. The Morgan fingerprint density at radius 3 is 2.40 bits per heavy atom. The molecule has 3 heterocycles. The number of nitrogens with one attached hydrogen (secondary N) is 1. The van der Waals surface area contributed by atoms with Crippen molar-refractivity contribution in [2.24, 2.45) is 0 Å². The van der Waals surface area contributed by atoms with Crippen LogP contribution in [-0.4, -0.2) is 76.4 Å². The van der Waals surface area contributed by atoms with Crippen LogP contribution >= 0.6 is 11.3 Å². The van der Waals surface area contributed by atoms with Gasteiger partial charge in [-0.1, -0.05) is 85.0 Å². The lowest BCUT2D eigenvalue weighted by atomic mass is 9.95. The lowest BCUT2D eigenvalue weighted by molar-refractivity contribution is 0.0695. The summed E-state index contributed by atoms with van der Waals surface area (Å²) in [5.41, 5.74) is 6.65. The van der Waals surface area contributed by atoms with Crippen LogP contribution in [0, 0.1) is 0 Å². The van der Waals surface area contributed by atoms with Gasteiger partial charge in [0, 0.05) is 38.3 Å². The van der Waals surface area contributed by atoms with E-state index < -0.39 is 5.97 Å². The summed E-state index contributed by atoms with van der Waals surface area (Å²) in [6.07, 6.45) is 4.72. The molecule has 0 amide bonds. The second kappa shape index (κ2) is 13.5. The summed E-state index contributed by atoms with van der Waals surface area (Å²) in [7, 11) is 0. The third-order valence-corrected chi connectivity index (χ3v) is 9.12. The molecule has 2 aromatic heterocycles. The molecule has 0 unspecified atom stereocenters. The maximum Gasteiger partial charge on any atom is 0.335 e. The molecule has 222 valence electrons. The molecular weight excluding hydrogens is 556 g/mol. The Morgan fingerprint density at radius 1 is 0.930 bits per heavy atom. The Morgan fingerprint density at radius 2 is 1.67 bits per heavy atom. The minimum atomic E-state index is -0.877. The van der Waals surface area contributed by atoms with Crippen LogP contribution in [0.3, 0.4) is 0 Å². The van der Waals surface area contributed by atoms with Crippen LogP contribution in [0.1, 0.15) is 34.8 Å². The molecule has 1 saturated heterocycles. The van der Waals surface area contributed by atoms with Crippen LogP contribution in [0.25, 0.3) is 27.3 Å². The molecule has 9 heteroatoms. The van der Waals surface area contributed by atoms with E-state index in [0.717, 1.165) is 103 Å². The van der Waals surface area contributed by atoms with E-state index in [4.69, 9.17) is 10.1 Å². The number of aryl methyl sites for hydroxylation is 1. The number of nitrogens with zero attached hydrogens (tertiary/aromatic N) is 5. The number of aromatic carboxylic acids is 1. The average Bonchev–Trinajstić information content (AvgIpc) is 3.63. The molecule has 8 nitrogen and oxygen atoms in total. The van der Waals surface area contributed by atoms with Crippen molar-refractivity contribution >= 4 is 27.4 Å². The van der Waals surface area contributed by atoms with Gasteiger partial charge >= 0.3 is 5.97 Å². The molecule has 0 bridgehead atoms. The van der Waals surface area contributed by atoms with Crippen molar-refractivity contribution in [1.82, 2.24) is 24.8 Å². The number of hydrogen-bond donors (Lipinski definition) is 2. The van der Waals surface area contributed by atoms with Gasteiger partial charge in [0.25, 0.3) is 0 Å². The summed E-state index contributed by atoms with van der Waals surface area (Å²) in [6.45, 7) is 8.99. The maximum atomic E-state index is 11.8. The van der Waals surface area contributed by atoms with Crippen LogP contribution in [-0.2, 0) is 12.8 Å². The fraction of sp³-hybridized carbons (Fsp3) is 0.324.